The molecule has 1 aromatic carbocycles. The second-order valence-electron chi connectivity index (χ2n) is 9.93. The van der Waals surface area contributed by atoms with E-state index in [1.807, 2.05) is 6.92 Å². The molecule has 1 fully saturated rings. The van der Waals surface area contributed by atoms with Gasteiger partial charge < -0.3 is 42.7 Å². The van der Waals surface area contributed by atoms with Gasteiger partial charge in [-0.2, -0.15) is 0 Å². The number of hydrogen-bond acceptors (Lipinski definition) is 7. The number of carboxylic acid groups (broad SMARTS) is 1. The van der Waals surface area contributed by atoms with E-state index in [0.29, 0.717) is 18.4 Å². The SMILES string of the molecule is CCCC[C@@H]1NC(=O)[C@@H](Cc2ccccc2)NC(=O)[C@H](CC(=O)O)NC(=O)CNC(=O)[C@H](CCCNC(=N)N)NC1=O. The van der Waals surface area contributed by atoms with E-state index >= 15 is 0 Å². The third-order valence-corrected chi connectivity index (χ3v) is 6.47. The molecule has 1 aromatic rings. The van der Waals surface area contributed by atoms with Crippen LogP contribution in [-0.4, -0.2) is 83.8 Å². The quantitative estimate of drug-likeness (QED) is 0.0805. The summed E-state index contributed by atoms with van der Waals surface area (Å²) in [5, 5.41) is 31.8. The summed E-state index contributed by atoms with van der Waals surface area (Å²) in [6.45, 7) is 1.57. The van der Waals surface area contributed by atoms with Crippen molar-refractivity contribution in [2.24, 2.45) is 5.73 Å². The maximum atomic E-state index is 13.5. The Kier molecular flexibility index (Phi) is 13.7. The van der Waals surface area contributed by atoms with E-state index in [0.717, 1.165) is 6.42 Å². The highest BCUT2D eigenvalue weighted by Crippen LogP contribution is 2.09. The zero-order chi connectivity index (χ0) is 31.1. The van der Waals surface area contributed by atoms with Gasteiger partial charge in [-0.1, -0.05) is 50.1 Å². The predicted molar refractivity (Wildman–Crippen MR) is 152 cm³/mol. The number of rotatable bonds is 11. The number of nitrogens with one attached hydrogen (secondary N) is 7. The standard InChI is InChI=1S/C27H40N8O7/c1-2-3-10-18-24(40)33-17(11-7-12-30-27(28)29)23(39)31-15-21(36)32-20(14-22(37)38)26(42)35-19(25(41)34-18)13-16-8-5-4-6-9-16/h4-6,8-9,17-20H,2-3,7,10-15H2,1H3,(H,31,39)(H,32,36)(H,33,40)(H,34,41)(H,35,42)(H,37,38)(H4,28,29,30)/t17-,18-,19+,20-/m0/s1. The normalized spacial score (nSPS) is 22.3. The second-order valence-corrected chi connectivity index (χ2v) is 9.93. The summed E-state index contributed by atoms with van der Waals surface area (Å²) in [7, 11) is 0. The lowest BCUT2D eigenvalue weighted by molar-refractivity contribution is -0.141. The molecule has 10 N–H and O–H groups in total. The van der Waals surface area contributed by atoms with Crippen molar-refractivity contribution in [2.75, 3.05) is 13.1 Å². The molecule has 15 nitrogen and oxygen atoms in total. The van der Waals surface area contributed by atoms with Crippen LogP contribution in [0.1, 0.15) is 51.0 Å². The molecule has 0 saturated carbocycles. The first kappa shape index (κ1) is 33.5. The van der Waals surface area contributed by atoms with Crippen LogP contribution in [0.4, 0.5) is 0 Å². The Morgan fingerprint density at radius 1 is 0.881 bits per heavy atom. The number of amides is 5. The highest BCUT2D eigenvalue weighted by Gasteiger charge is 2.32. The van der Waals surface area contributed by atoms with Crippen molar-refractivity contribution < 1.29 is 33.9 Å². The highest BCUT2D eigenvalue weighted by molar-refractivity contribution is 5.98. The third-order valence-electron chi connectivity index (χ3n) is 6.47. The Morgan fingerprint density at radius 3 is 2.07 bits per heavy atom. The lowest BCUT2D eigenvalue weighted by atomic mass is 10.0. The molecule has 5 amide bonds. The molecule has 230 valence electrons. The zero-order valence-electron chi connectivity index (χ0n) is 23.5. The molecule has 0 bridgehead atoms. The summed E-state index contributed by atoms with van der Waals surface area (Å²) < 4.78 is 0. The van der Waals surface area contributed by atoms with E-state index in [4.69, 9.17) is 11.1 Å². The molecule has 0 aliphatic carbocycles. The van der Waals surface area contributed by atoms with Gasteiger partial charge >= 0.3 is 5.97 Å². The summed E-state index contributed by atoms with van der Waals surface area (Å²) >= 11 is 0. The first-order valence-corrected chi connectivity index (χ1v) is 13.8. The van der Waals surface area contributed by atoms with Crippen molar-refractivity contribution in [3.05, 3.63) is 35.9 Å². The van der Waals surface area contributed by atoms with Gasteiger partial charge in [0.1, 0.15) is 24.2 Å². The smallest absolute Gasteiger partial charge is 0.305 e. The third kappa shape index (κ3) is 11.8. The van der Waals surface area contributed by atoms with E-state index in [1.165, 1.54) is 0 Å². The molecule has 0 radical (unpaired) electrons. The van der Waals surface area contributed by atoms with Crippen molar-refractivity contribution >= 4 is 41.5 Å². The monoisotopic (exact) mass is 588 g/mol. The first-order valence-electron chi connectivity index (χ1n) is 13.8. The highest BCUT2D eigenvalue weighted by atomic mass is 16.4. The van der Waals surface area contributed by atoms with Crippen molar-refractivity contribution in [1.29, 1.82) is 5.41 Å². The van der Waals surface area contributed by atoms with Crippen LogP contribution in [0.5, 0.6) is 0 Å². The van der Waals surface area contributed by atoms with Crippen LogP contribution >= 0.6 is 0 Å². The van der Waals surface area contributed by atoms with Crippen molar-refractivity contribution in [3.63, 3.8) is 0 Å². The number of unbranched alkanes of at least 4 members (excludes halogenated alkanes) is 1. The Morgan fingerprint density at radius 2 is 1.45 bits per heavy atom. The number of hydrogen-bond donors (Lipinski definition) is 9. The lowest BCUT2D eigenvalue weighted by Crippen LogP contribution is -2.58. The van der Waals surface area contributed by atoms with Gasteiger partial charge in [-0.25, -0.2) is 0 Å². The van der Waals surface area contributed by atoms with Crippen molar-refractivity contribution in [3.8, 4) is 0 Å². The van der Waals surface area contributed by atoms with E-state index in [-0.39, 0.29) is 31.8 Å². The van der Waals surface area contributed by atoms with Crippen LogP contribution in [0.25, 0.3) is 0 Å². The molecule has 42 heavy (non-hydrogen) atoms. The number of carboxylic acids is 1. The lowest BCUT2D eigenvalue weighted by Gasteiger charge is -2.26. The van der Waals surface area contributed by atoms with Gasteiger partial charge in [0, 0.05) is 13.0 Å². The van der Waals surface area contributed by atoms with Crippen LogP contribution in [0, 0.1) is 5.41 Å². The Labute approximate surface area is 243 Å². The number of carbonyl (C=O) groups is 6. The molecule has 0 aromatic heterocycles. The molecule has 4 atom stereocenters. The van der Waals surface area contributed by atoms with Crippen LogP contribution in [0.15, 0.2) is 30.3 Å². The molecule has 15 heteroatoms. The summed E-state index contributed by atoms with van der Waals surface area (Å²) in [6.07, 6.45) is 1.25. The molecule has 1 aliphatic rings. The van der Waals surface area contributed by atoms with E-state index < -0.39 is 72.6 Å². The minimum Gasteiger partial charge on any atom is -0.481 e. The molecule has 1 aliphatic heterocycles. The van der Waals surface area contributed by atoms with Crippen molar-refractivity contribution in [2.45, 2.75) is 76.0 Å². The van der Waals surface area contributed by atoms with Crippen LogP contribution < -0.4 is 37.6 Å². The zero-order valence-corrected chi connectivity index (χ0v) is 23.5. The summed E-state index contributed by atoms with van der Waals surface area (Å²) in [5.41, 5.74) is 5.99. The van der Waals surface area contributed by atoms with Crippen LogP contribution in [0.3, 0.4) is 0 Å². The second kappa shape index (κ2) is 17.2. The largest absolute Gasteiger partial charge is 0.481 e. The van der Waals surface area contributed by atoms with E-state index in [1.54, 1.807) is 30.3 Å². The number of aliphatic carboxylic acids is 1. The number of carbonyl (C=O) groups excluding carboxylic acids is 5. The number of guanidine groups is 1. The van der Waals surface area contributed by atoms with Crippen LogP contribution in [0.2, 0.25) is 0 Å². The fourth-order valence-electron chi connectivity index (χ4n) is 4.27. The van der Waals surface area contributed by atoms with Gasteiger partial charge in [-0.3, -0.25) is 34.2 Å². The van der Waals surface area contributed by atoms with E-state index in [2.05, 4.69) is 31.9 Å². The number of nitrogens with two attached hydrogens (primary N) is 1. The molecule has 1 heterocycles. The van der Waals surface area contributed by atoms with Gasteiger partial charge in [0.15, 0.2) is 5.96 Å². The first-order chi connectivity index (χ1) is 20.0. The van der Waals surface area contributed by atoms with Gasteiger partial charge in [-0.15, -0.1) is 0 Å². The van der Waals surface area contributed by atoms with Gasteiger partial charge in [-0.05, 0) is 24.8 Å². The van der Waals surface area contributed by atoms with Gasteiger partial charge in [0.25, 0.3) is 0 Å². The average molecular weight is 589 g/mol. The molecule has 0 unspecified atom stereocenters. The van der Waals surface area contributed by atoms with Crippen LogP contribution in [-0.2, 0) is 35.2 Å². The Bertz CT molecular complexity index is 1130. The van der Waals surface area contributed by atoms with E-state index in [9.17, 15) is 33.9 Å². The molecular weight excluding hydrogens is 548 g/mol. The maximum absolute atomic E-state index is 13.5. The fourth-order valence-corrected chi connectivity index (χ4v) is 4.27. The molecule has 0 spiro atoms. The topological polar surface area (TPSA) is 245 Å². The van der Waals surface area contributed by atoms with Crippen molar-refractivity contribution in [1.82, 2.24) is 31.9 Å². The maximum Gasteiger partial charge on any atom is 0.305 e. The Balaban J connectivity index is 2.42. The Hall–Kier alpha value is -4.69. The summed E-state index contributed by atoms with van der Waals surface area (Å²) in [6, 6.07) is 3.90. The predicted octanol–water partition coefficient (Wildman–Crippen LogP) is -1.77. The number of benzene rings is 1. The van der Waals surface area contributed by atoms with Gasteiger partial charge in [0.2, 0.25) is 29.5 Å². The average Bonchev–Trinajstić information content (AvgIpc) is 2.94. The summed E-state index contributed by atoms with van der Waals surface area (Å²) in [5.74, 6) is -5.38. The molecule has 2 rings (SSSR count). The van der Waals surface area contributed by atoms with Gasteiger partial charge in [0.05, 0.1) is 13.0 Å². The fraction of sp³-hybridized carbons (Fsp3) is 0.519. The minimum absolute atomic E-state index is 0.0279. The minimum atomic E-state index is -1.53. The summed E-state index contributed by atoms with van der Waals surface area (Å²) in [4.78, 5) is 77.1. The molecule has 1 saturated heterocycles. The molecular formula is C27H40N8O7.